The average molecular weight is 489 g/mol. The van der Waals surface area contributed by atoms with Crippen molar-refractivity contribution in [1.82, 2.24) is 9.55 Å². The Morgan fingerprint density at radius 2 is 1.69 bits per heavy atom. The molecular formula is C27H28N4O3S. The zero-order valence-corrected chi connectivity index (χ0v) is 21.5. The Morgan fingerprint density at radius 1 is 0.943 bits per heavy atom. The van der Waals surface area contributed by atoms with Crippen molar-refractivity contribution in [2.75, 3.05) is 10.6 Å². The molecule has 35 heavy (non-hydrogen) atoms. The highest BCUT2D eigenvalue weighted by atomic mass is 32.1. The van der Waals surface area contributed by atoms with Crippen LogP contribution < -0.4 is 16.2 Å². The Balaban J connectivity index is 1.64. The third kappa shape index (κ3) is 4.61. The number of nitrogens with one attached hydrogen (secondary N) is 2. The molecule has 0 saturated carbocycles. The molecule has 2 aromatic carbocycles. The summed E-state index contributed by atoms with van der Waals surface area (Å²) >= 11 is 1.17. The lowest BCUT2D eigenvalue weighted by Crippen LogP contribution is -2.32. The molecule has 8 heteroatoms. The van der Waals surface area contributed by atoms with Crippen molar-refractivity contribution >= 4 is 44.7 Å². The first-order valence-corrected chi connectivity index (χ1v) is 12.2. The van der Waals surface area contributed by atoms with E-state index in [1.165, 1.54) is 22.2 Å². The van der Waals surface area contributed by atoms with Crippen molar-refractivity contribution in [2.45, 2.75) is 47.6 Å². The zero-order chi connectivity index (χ0) is 25.4. The number of rotatable bonds is 5. The molecule has 2 heterocycles. The fourth-order valence-corrected chi connectivity index (χ4v) is 5.05. The number of hydrogen-bond donors (Lipinski definition) is 2. The molecule has 2 N–H and O–H groups in total. The standard InChI is InChI=1S/C27H28N4O3S/c1-14-10-11-20(16(3)12-14)29-25(33)23-18(5)22-26(35-23)28-13-31(27(22)34)19(6)24(32)30-21-9-7-8-15(2)17(21)4/h7-13,19H,1-6H3,(H,29,33)(H,30,32). The molecule has 1 atom stereocenters. The number of carbonyl (C=O) groups excluding carboxylic acids is 2. The Hall–Kier alpha value is -3.78. The van der Waals surface area contributed by atoms with Crippen LogP contribution >= 0.6 is 11.3 Å². The van der Waals surface area contributed by atoms with Gasteiger partial charge in [0, 0.05) is 11.4 Å². The summed E-state index contributed by atoms with van der Waals surface area (Å²) in [7, 11) is 0. The Bertz CT molecular complexity index is 1530. The first-order valence-electron chi connectivity index (χ1n) is 11.3. The van der Waals surface area contributed by atoms with Crippen LogP contribution in [-0.2, 0) is 4.79 Å². The summed E-state index contributed by atoms with van der Waals surface area (Å²) in [5.41, 5.74) is 5.75. The predicted octanol–water partition coefficient (Wildman–Crippen LogP) is 5.45. The normalized spacial score (nSPS) is 11.9. The number of nitrogens with zero attached hydrogens (tertiary/aromatic N) is 2. The molecule has 0 saturated heterocycles. The monoisotopic (exact) mass is 488 g/mol. The summed E-state index contributed by atoms with van der Waals surface area (Å²) < 4.78 is 1.31. The van der Waals surface area contributed by atoms with Crippen LogP contribution in [0.4, 0.5) is 11.4 Å². The number of hydrogen-bond acceptors (Lipinski definition) is 5. The fourth-order valence-electron chi connectivity index (χ4n) is 4.01. The second-order valence-corrected chi connectivity index (χ2v) is 9.88. The molecule has 0 aliphatic carbocycles. The van der Waals surface area contributed by atoms with Crippen LogP contribution in [0, 0.1) is 34.6 Å². The topological polar surface area (TPSA) is 93.1 Å². The molecule has 0 aliphatic heterocycles. The van der Waals surface area contributed by atoms with Crippen LogP contribution in [0.5, 0.6) is 0 Å². The van der Waals surface area contributed by atoms with Gasteiger partial charge in [0.2, 0.25) is 5.91 Å². The number of amides is 2. The van der Waals surface area contributed by atoms with Crippen molar-refractivity contribution < 1.29 is 9.59 Å². The maximum absolute atomic E-state index is 13.4. The number of aryl methyl sites for hydroxylation is 4. The van der Waals surface area contributed by atoms with Crippen LogP contribution in [0.2, 0.25) is 0 Å². The third-order valence-corrected chi connectivity index (χ3v) is 7.57. The smallest absolute Gasteiger partial charge is 0.266 e. The van der Waals surface area contributed by atoms with Crippen molar-refractivity contribution in [2.24, 2.45) is 0 Å². The molecule has 2 aromatic heterocycles. The van der Waals surface area contributed by atoms with E-state index in [9.17, 15) is 14.4 Å². The van der Waals surface area contributed by atoms with Gasteiger partial charge in [-0.05, 0) is 75.9 Å². The highest BCUT2D eigenvalue weighted by molar-refractivity contribution is 7.20. The van der Waals surface area contributed by atoms with Gasteiger partial charge in [0.05, 0.1) is 16.6 Å². The van der Waals surface area contributed by atoms with Crippen molar-refractivity contribution in [3.05, 3.63) is 85.8 Å². The molecule has 1 unspecified atom stereocenters. The quantitative estimate of drug-likeness (QED) is 0.391. The van der Waals surface area contributed by atoms with Gasteiger partial charge in [0.1, 0.15) is 10.9 Å². The molecule has 4 aromatic rings. The molecule has 0 bridgehead atoms. The third-order valence-electron chi connectivity index (χ3n) is 6.37. The Morgan fingerprint density at radius 3 is 2.40 bits per heavy atom. The number of fused-ring (bicyclic) bond motifs is 1. The molecule has 2 amide bonds. The number of carbonyl (C=O) groups is 2. The number of aromatic nitrogens is 2. The van der Waals surface area contributed by atoms with Crippen LogP contribution in [0.3, 0.4) is 0 Å². The van der Waals surface area contributed by atoms with E-state index >= 15 is 0 Å². The van der Waals surface area contributed by atoms with E-state index in [0.29, 0.717) is 26.3 Å². The number of anilines is 2. The molecule has 0 fully saturated rings. The van der Waals surface area contributed by atoms with Crippen LogP contribution in [-0.4, -0.2) is 21.4 Å². The molecule has 4 rings (SSSR count). The van der Waals surface area contributed by atoms with E-state index < -0.39 is 6.04 Å². The highest BCUT2D eigenvalue weighted by Crippen LogP contribution is 2.29. The van der Waals surface area contributed by atoms with E-state index in [1.54, 1.807) is 13.8 Å². The van der Waals surface area contributed by atoms with Crippen LogP contribution in [0.25, 0.3) is 10.2 Å². The van der Waals surface area contributed by atoms with Gasteiger partial charge in [0.15, 0.2) is 0 Å². The van der Waals surface area contributed by atoms with Crippen LogP contribution in [0.15, 0.2) is 47.5 Å². The maximum atomic E-state index is 13.4. The van der Waals surface area contributed by atoms with Gasteiger partial charge in [-0.15, -0.1) is 11.3 Å². The second-order valence-electron chi connectivity index (χ2n) is 8.88. The lowest BCUT2D eigenvalue weighted by molar-refractivity contribution is -0.118. The van der Waals surface area contributed by atoms with Gasteiger partial charge in [-0.25, -0.2) is 4.98 Å². The van der Waals surface area contributed by atoms with Gasteiger partial charge >= 0.3 is 0 Å². The van der Waals surface area contributed by atoms with Gasteiger partial charge in [-0.2, -0.15) is 0 Å². The van der Waals surface area contributed by atoms with Crippen LogP contribution in [0.1, 0.15) is 50.5 Å². The minimum Gasteiger partial charge on any atom is -0.324 e. The number of thiophene rings is 1. The van der Waals surface area contributed by atoms with Gasteiger partial charge in [-0.3, -0.25) is 19.0 Å². The lowest BCUT2D eigenvalue weighted by Gasteiger charge is -2.16. The number of benzene rings is 2. The van der Waals surface area contributed by atoms with Gasteiger partial charge in [-0.1, -0.05) is 29.8 Å². The largest absolute Gasteiger partial charge is 0.324 e. The summed E-state index contributed by atoms with van der Waals surface area (Å²) in [4.78, 5) is 44.7. The van der Waals surface area contributed by atoms with Gasteiger partial charge in [0.25, 0.3) is 11.5 Å². The molecule has 7 nitrogen and oxygen atoms in total. The molecular weight excluding hydrogens is 460 g/mol. The Labute approximate surface area is 207 Å². The summed E-state index contributed by atoms with van der Waals surface area (Å²) in [6.07, 6.45) is 1.37. The summed E-state index contributed by atoms with van der Waals surface area (Å²) in [5.74, 6) is -0.605. The lowest BCUT2D eigenvalue weighted by atomic mass is 10.1. The SMILES string of the molecule is Cc1ccc(NC(=O)c2sc3ncn(C(C)C(=O)Nc4cccc(C)c4C)c(=O)c3c2C)c(C)c1. The first-order chi connectivity index (χ1) is 16.6. The van der Waals surface area contributed by atoms with E-state index in [1.807, 2.05) is 64.1 Å². The summed E-state index contributed by atoms with van der Waals surface area (Å²) in [5, 5.41) is 6.21. The Kier molecular flexibility index (Phi) is 6.58. The zero-order valence-electron chi connectivity index (χ0n) is 20.6. The van der Waals surface area contributed by atoms with E-state index in [4.69, 9.17) is 0 Å². The van der Waals surface area contributed by atoms with E-state index in [-0.39, 0.29) is 17.4 Å². The van der Waals surface area contributed by atoms with E-state index in [2.05, 4.69) is 15.6 Å². The van der Waals surface area contributed by atoms with Gasteiger partial charge < -0.3 is 10.6 Å². The average Bonchev–Trinajstić information content (AvgIpc) is 3.15. The molecule has 0 aliphatic rings. The minimum absolute atomic E-state index is 0.288. The predicted molar refractivity (Wildman–Crippen MR) is 142 cm³/mol. The second kappa shape index (κ2) is 9.46. The van der Waals surface area contributed by atoms with Crippen molar-refractivity contribution in [3.8, 4) is 0 Å². The highest BCUT2D eigenvalue weighted by Gasteiger charge is 2.23. The molecule has 0 spiro atoms. The fraction of sp³-hybridized carbons (Fsp3) is 0.259. The summed E-state index contributed by atoms with van der Waals surface area (Å²) in [6.45, 7) is 11.2. The summed E-state index contributed by atoms with van der Waals surface area (Å²) in [6, 6.07) is 10.7. The molecule has 0 radical (unpaired) electrons. The maximum Gasteiger partial charge on any atom is 0.266 e. The molecule has 180 valence electrons. The van der Waals surface area contributed by atoms with Crippen molar-refractivity contribution in [3.63, 3.8) is 0 Å². The minimum atomic E-state index is -0.786. The van der Waals surface area contributed by atoms with E-state index in [0.717, 1.165) is 27.9 Å². The first kappa shape index (κ1) is 24.3. The van der Waals surface area contributed by atoms with Crippen molar-refractivity contribution in [1.29, 1.82) is 0 Å².